The van der Waals surface area contributed by atoms with E-state index in [2.05, 4.69) is 53.2 Å². The lowest BCUT2D eigenvalue weighted by molar-refractivity contribution is -0.0151. The molecule has 2 heterocycles. The Morgan fingerprint density at radius 2 is 1.64 bits per heavy atom. The maximum Gasteiger partial charge on any atom is 0.179 e. The Hall–Kier alpha value is -2.02. The fourth-order valence-corrected chi connectivity index (χ4v) is 4.82. The van der Waals surface area contributed by atoms with Crippen molar-refractivity contribution >= 4 is 22.6 Å². The number of rotatable bonds is 4. The van der Waals surface area contributed by atoms with Gasteiger partial charge in [-0.05, 0) is 43.8 Å². The summed E-state index contributed by atoms with van der Waals surface area (Å²) < 4.78 is 5.27. The number of aliphatic imine (C=N–C) groups is 1. The quantitative estimate of drug-likeness (QED) is 0.781. The summed E-state index contributed by atoms with van der Waals surface area (Å²) in [7, 11) is 3.88. The number of likely N-dealkylation sites (N-methyl/N-ethyl adjacent to an activating group) is 1. The normalized spacial score (nSPS) is 22.8. The van der Waals surface area contributed by atoms with E-state index < -0.39 is 0 Å². The van der Waals surface area contributed by atoms with Crippen molar-refractivity contribution in [1.82, 2.24) is 14.9 Å². The summed E-state index contributed by atoms with van der Waals surface area (Å²) in [6, 6.07) is 17.3. The first-order valence-corrected chi connectivity index (χ1v) is 10.8. The number of amidine groups is 1. The van der Waals surface area contributed by atoms with Gasteiger partial charge in [0.25, 0.3) is 0 Å². The van der Waals surface area contributed by atoms with Crippen molar-refractivity contribution in [2.24, 2.45) is 4.99 Å². The summed E-state index contributed by atoms with van der Waals surface area (Å²) in [5, 5.41) is 6.00. The Balaban J connectivity index is 1.64. The molecular weight excluding hydrogens is 368 g/mol. The zero-order valence-electron chi connectivity index (χ0n) is 16.8. The highest BCUT2D eigenvalue weighted by Crippen LogP contribution is 2.38. The molecule has 0 radical (unpaired) electrons. The molecule has 2 aliphatic rings. The summed E-state index contributed by atoms with van der Waals surface area (Å²) in [5.41, 5.74) is 3.62. The second kappa shape index (κ2) is 8.55. The van der Waals surface area contributed by atoms with Crippen molar-refractivity contribution in [2.45, 2.75) is 13.0 Å². The van der Waals surface area contributed by atoms with Gasteiger partial charge in [-0.1, -0.05) is 41.6 Å². The van der Waals surface area contributed by atoms with E-state index in [0.717, 1.165) is 48.5 Å². The van der Waals surface area contributed by atoms with E-state index in [9.17, 15) is 0 Å². The van der Waals surface area contributed by atoms with Crippen LogP contribution in [-0.2, 0) is 0 Å². The average Bonchev–Trinajstić information content (AvgIpc) is 3.13. The van der Waals surface area contributed by atoms with Crippen molar-refractivity contribution in [3.05, 3.63) is 59.7 Å². The van der Waals surface area contributed by atoms with Gasteiger partial charge in [-0.2, -0.15) is 0 Å². The van der Waals surface area contributed by atoms with Gasteiger partial charge < -0.3 is 9.64 Å². The highest BCUT2D eigenvalue weighted by atomic mass is 32.2. The van der Waals surface area contributed by atoms with Gasteiger partial charge in [0.15, 0.2) is 5.17 Å². The highest BCUT2D eigenvalue weighted by Gasteiger charge is 2.36. The van der Waals surface area contributed by atoms with Crippen LogP contribution in [0.4, 0.5) is 5.69 Å². The molecule has 0 amide bonds. The van der Waals surface area contributed by atoms with Crippen LogP contribution in [0.1, 0.15) is 17.2 Å². The second-order valence-corrected chi connectivity index (χ2v) is 8.42. The number of ether oxygens (including phenoxy) is 1. The van der Waals surface area contributed by atoms with Crippen LogP contribution in [0.3, 0.4) is 0 Å². The number of methoxy groups -OCH3 is 1. The topological polar surface area (TPSA) is 31.3 Å². The van der Waals surface area contributed by atoms with Crippen molar-refractivity contribution in [2.75, 3.05) is 46.1 Å². The van der Waals surface area contributed by atoms with E-state index in [4.69, 9.17) is 9.73 Å². The van der Waals surface area contributed by atoms with Gasteiger partial charge >= 0.3 is 0 Å². The lowest BCUT2D eigenvalue weighted by Gasteiger charge is -2.41. The van der Waals surface area contributed by atoms with Crippen LogP contribution >= 0.6 is 11.8 Å². The summed E-state index contributed by atoms with van der Waals surface area (Å²) in [6.45, 7) is 6.36. The van der Waals surface area contributed by atoms with Gasteiger partial charge in [0.2, 0.25) is 0 Å². The van der Waals surface area contributed by atoms with Gasteiger partial charge in [0.05, 0.1) is 18.8 Å². The van der Waals surface area contributed by atoms with E-state index in [0.29, 0.717) is 6.04 Å². The fourth-order valence-electron chi connectivity index (χ4n) is 3.63. The molecule has 28 heavy (non-hydrogen) atoms. The minimum absolute atomic E-state index is 0.325. The van der Waals surface area contributed by atoms with Gasteiger partial charge in [0.1, 0.15) is 5.75 Å². The van der Waals surface area contributed by atoms with Crippen LogP contribution in [0.5, 0.6) is 5.75 Å². The van der Waals surface area contributed by atoms with Gasteiger partial charge in [-0.15, -0.1) is 0 Å². The Bertz CT molecular complexity index is 813. The molecule has 2 aromatic rings. The molecule has 148 valence electrons. The number of hydrogen-bond donors (Lipinski definition) is 0. The molecule has 2 saturated heterocycles. The SMILES string of the molecule is COc1ccc(N=C2SC[C@H](c3ccc(C)cc3)N2N2CCN(C)CC2)cc1. The first-order valence-electron chi connectivity index (χ1n) is 9.79. The first kappa shape index (κ1) is 19.3. The number of benzene rings is 2. The molecular formula is C22H28N4OS. The van der Waals surface area contributed by atoms with Crippen molar-refractivity contribution in [3.63, 3.8) is 0 Å². The fraction of sp³-hybridized carbons (Fsp3) is 0.409. The van der Waals surface area contributed by atoms with Crippen LogP contribution in [0.15, 0.2) is 53.5 Å². The predicted octanol–water partition coefficient (Wildman–Crippen LogP) is 3.94. The van der Waals surface area contributed by atoms with E-state index >= 15 is 0 Å². The number of hydrazine groups is 1. The Morgan fingerprint density at radius 3 is 2.29 bits per heavy atom. The molecule has 0 unspecified atom stereocenters. The van der Waals surface area contributed by atoms with Crippen molar-refractivity contribution < 1.29 is 4.74 Å². The monoisotopic (exact) mass is 396 g/mol. The second-order valence-electron chi connectivity index (χ2n) is 7.43. The number of nitrogens with zero attached hydrogens (tertiary/aromatic N) is 4. The van der Waals surface area contributed by atoms with Crippen molar-refractivity contribution in [3.8, 4) is 5.75 Å². The molecule has 2 fully saturated rings. The third kappa shape index (κ3) is 4.19. The molecule has 2 aromatic carbocycles. The predicted molar refractivity (Wildman–Crippen MR) is 117 cm³/mol. The molecule has 0 aliphatic carbocycles. The number of aryl methyl sites for hydroxylation is 1. The van der Waals surface area contributed by atoms with Crippen LogP contribution in [-0.4, -0.2) is 66.2 Å². The van der Waals surface area contributed by atoms with Crippen LogP contribution in [0, 0.1) is 6.92 Å². The van der Waals surface area contributed by atoms with Crippen LogP contribution < -0.4 is 4.74 Å². The van der Waals surface area contributed by atoms with E-state index in [1.54, 1.807) is 7.11 Å². The number of piperazine rings is 1. The number of thioether (sulfide) groups is 1. The largest absolute Gasteiger partial charge is 0.497 e. The molecule has 0 bridgehead atoms. The maximum absolute atomic E-state index is 5.27. The zero-order chi connectivity index (χ0) is 19.5. The third-order valence-electron chi connectivity index (χ3n) is 5.41. The Kier molecular flexibility index (Phi) is 5.90. The van der Waals surface area contributed by atoms with Crippen LogP contribution in [0.25, 0.3) is 0 Å². The molecule has 4 rings (SSSR count). The Morgan fingerprint density at radius 1 is 0.964 bits per heavy atom. The van der Waals surface area contributed by atoms with Crippen molar-refractivity contribution in [1.29, 1.82) is 0 Å². The molecule has 5 nitrogen and oxygen atoms in total. The molecule has 1 atom stereocenters. The average molecular weight is 397 g/mol. The highest BCUT2D eigenvalue weighted by molar-refractivity contribution is 8.14. The van der Waals surface area contributed by atoms with E-state index in [1.165, 1.54) is 11.1 Å². The summed E-state index contributed by atoms with van der Waals surface area (Å²) >= 11 is 1.85. The molecule has 6 heteroatoms. The molecule has 0 saturated carbocycles. The molecule has 0 aromatic heterocycles. The van der Waals surface area contributed by atoms with Gasteiger partial charge in [0, 0.05) is 31.9 Å². The molecule has 2 aliphatic heterocycles. The minimum atomic E-state index is 0.325. The Labute approximate surface area is 172 Å². The van der Waals surface area contributed by atoms with Crippen LogP contribution in [0.2, 0.25) is 0 Å². The first-order chi connectivity index (χ1) is 13.6. The number of hydrogen-bond acceptors (Lipinski definition) is 5. The smallest absolute Gasteiger partial charge is 0.179 e. The summed E-state index contributed by atoms with van der Waals surface area (Å²) in [5.74, 6) is 1.88. The molecule has 0 spiro atoms. The maximum atomic E-state index is 5.27. The zero-order valence-corrected chi connectivity index (χ0v) is 17.7. The minimum Gasteiger partial charge on any atom is -0.497 e. The summed E-state index contributed by atoms with van der Waals surface area (Å²) in [4.78, 5) is 7.39. The van der Waals surface area contributed by atoms with Gasteiger partial charge in [-0.25, -0.2) is 10.0 Å². The standard InChI is InChI=1S/C22H28N4OS/c1-17-4-6-18(7-5-17)21-16-28-22(23-19-8-10-20(27-3)11-9-19)26(21)25-14-12-24(2)13-15-25/h4-11,21H,12-16H2,1-3H3/t21-/m1/s1. The lowest BCUT2D eigenvalue weighted by atomic mass is 10.1. The summed E-state index contributed by atoms with van der Waals surface area (Å²) in [6.07, 6.45) is 0. The van der Waals surface area contributed by atoms with E-state index in [-0.39, 0.29) is 0 Å². The molecule has 0 N–H and O–H groups in total. The van der Waals surface area contributed by atoms with E-state index in [1.807, 2.05) is 36.0 Å². The lowest BCUT2D eigenvalue weighted by Crippen LogP contribution is -2.53. The van der Waals surface area contributed by atoms with Gasteiger partial charge in [-0.3, -0.25) is 5.01 Å². The third-order valence-corrected chi connectivity index (χ3v) is 6.42.